The molecule has 0 bridgehead atoms. The predicted molar refractivity (Wildman–Crippen MR) is 95.2 cm³/mol. The van der Waals surface area contributed by atoms with Gasteiger partial charge in [0.05, 0.1) is 6.10 Å². The fourth-order valence-corrected chi connectivity index (χ4v) is 5.18. The van der Waals surface area contributed by atoms with E-state index in [0.29, 0.717) is 17.8 Å². The number of carbonyl (C=O) groups is 1. The summed E-state index contributed by atoms with van der Waals surface area (Å²) in [5, 5.41) is 6.19. The Morgan fingerprint density at radius 1 is 1.25 bits per heavy atom. The molecule has 1 aromatic rings. The smallest absolute Gasteiger partial charge is 0.406 e. The molecule has 1 saturated heterocycles. The van der Waals surface area contributed by atoms with Crippen molar-refractivity contribution >= 4 is 5.91 Å². The van der Waals surface area contributed by atoms with E-state index in [9.17, 15) is 18.0 Å². The molecule has 152 valence electrons. The van der Waals surface area contributed by atoms with E-state index in [1.165, 1.54) is 12.1 Å². The highest BCUT2D eigenvalue weighted by atomic mass is 19.4. The molecule has 1 saturated carbocycles. The van der Waals surface area contributed by atoms with Gasteiger partial charge in [-0.1, -0.05) is 6.07 Å². The van der Waals surface area contributed by atoms with Gasteiger partial charge in [-0.2, -0.15) is 0 Å². The Hall–Kier alpha value is -2.22. The third-order valence-electron chi connectivity index (χ3n) is 6.47. The molecule has 2 fully saturated rings. The van der Waals surface area contributed by atoms with Crippen LogP contribution in [0.1, 0.15) is 43.7 Å². The molecule has 2 spiro atoms. The Morgan fingerprint density at radius 3 is 2.54 bits per heavy atom. The van der Waals surface area contributed by atoms with Crippen LogP contribution < -0.4 is 15.4 Å². The lowest BCUT2D eigenvalue weighted by atomic mass is 9.61. The monoisotopic (exact) mass is 396 g/mol. The van der Waals surface area contributed by atoms with E-state index in [2.05, 4.69) is 15.4 Å². The topological polar surface area (TPSA) is 59.6 Å². The summed E-state index contributed by atoms with van der Waals surface area (Å²) >= 11 is 0. The number of rotatable bonds is 2. The second-order valence-corrected chi connectivity index (χ2v) is 7.79. The van der Waals surface area contributed by atoms with Crippen LogP contribution in [-0.2, 0) is 21.5 Å². The van der Waals surface area contributed by atoms with Gasteiger partial charge in [0.15, 0.2) is 0 Å². The lowest BCUT2D eigenvalue weighted by Gasteiger charge is -2.46. The molecular weight excluding hydrogens is 373 g/mol. The van der Waals surface area contributed by atoms with Crippen molar-refractivity contribution in [1.82, 2.24) is 10.6 Å². The van der Waals surface area contributed by atoms with Crippen molar-refractivity contribution in [1.29, 1.82) is 0 Å². The molecule has 0 radical (unpaired) electrons. The number of amides is 1. The normalized spacial score (nSPS) is 33.2. The number of nitrogens with one attached hydrogen (secondary N) is 2. The first-order valence-electron chi connectivity index (χ1n) is 9.41. The van der Waals surface area contributed by atoms with Crippen molar-refractivity contribution in [2.24, 2.45) is 5.41 Å². The highest BCUT2D eigenvalue weighted by Gasteiger charge is 2.65. The van der Waals surface area contributed by atoms with Crippen molar-refractivity contribution < 1.29 is 27.4 Å². The van der Waals surface area contributed by atoms with Gasteiger partial charge in [0, 0.05) is 12.5 Å². The fourth-order valence-electron chi connectivity index (χ4n) is 5.18. The third-order valence-corrected chi connectivity index (χ3v) is 6.47. The number of hydrogen-bond acceptors (Lipinski definition) is 4. The van der Waals surface area contributed by atoms with Crippen molar-refractivity contribution in [3.05, 3.63) is 41.2 Å². The molecular formula is C20H23F3N2O3. The van der Waals surface area contributed by atoms with Crippen LogP contribution in [0, 0.1) is 5.41 Å². The Bertz CT molecular complexity index is 828. The minimum absolute atomic E-state index is 0.140. The average molecular weight is 396 g/mol. The maximum absolute atomic E-state index is 13.2. The number of carbonyl (C=O) groups excluding carboxylic acids is 1. The van der Waals surface area contributed by atoms with Crippen molar-refractivity contribution in [2.45, 2.75) is 57.0 Å². The predicted octanol–water partition coefficient (Wildman–Crippen LogP) is 3.49. The van der Waals surface area contributed by atoms with Gasteiger partial charge in [0.1, 0.15) is 17.1 Å². The Morgan fingerprint density at radius 2 is 1.96 bits per heavy atom. The summed E-state index contributed by atoms with van der Waals surface area (Å²) in [7, 11) is 1.68. The maximum Gasteiger partial charge on any atom is 0.573 e. The van der Waals surface area contributed by atoms with Gasteiger partial charge >= 0.3 is 6.36 Å². The summed E-state index contributed by atoms with van der Waals surface area (Å²) in [6.07, 6.45) is 0.837. The van der Waals surface area contributed by atoms with Crippen molar-refractivity contribution in [3.8, 4) is 5.75 Å². The Kier molecular flexibility index (Phi) is 4.37. The number of ether oxygens (including phenoxy) is 2. The zero-order valence-electron chi connectivity index (χ0n) is 15.8. The summed E-state index contributed by atoms with van der Waals surface area (Å²) in [5.74, 6) is 0.0457. The largest absolute Gasteiger partial charge is 0.573 e. The van der Waals surface area contributed by atoms with Crippen LogP contribution in [0.3, 0.4) is 0 Å². The number of hydrogen-bond donors (Lipinski definition) is 2. The van der Waals surface area contributed by atoms with Crippen LogP contribution in [0.5, 0.6) is 5.75 Å². The Labute approximate surface area is 161 Å². The zero-order valence-corrected chi connectivity index (χ0v) is 15.8. The number of methoxy groups -OCH3 is 1. The van der Waals surface area contributed by atoms with Crippen molar-refractivity contribution in [3.63, 3.8) is 0 Å². The first kappa shape index (κ1) is 19.1. The fraction of sp³-hybridized carbons (Fsp3) is 0.550. The van der Waals surface area contributed by atoms with Crippen molar-refractivity contribution in [2.75, 3.05) is 7.11 Å². The molecule has 2 N–H and O–H groups in total. The average Bonchev–Trinajstić information content (AvgIpc) is 3.12. The second kappa shape index (κ2) is 6.40. The first-order valence-corrected chi connectivity index (χ1v) is 9.41. The third kappa shape index (κ3) is 2.77. The first-order chi connectivity index (χ1) is 13.2. The molecule has 5 nitrogen and oxygen atoms in total. The number of alkyl halides is 3. The SMILES string of the molecule is C/C=C1/NC(=O)C2(N1)c1cc(OC(F)(F)F)ccc1CC21CCC(OC)CC1. The molecule has 8 heteroatoms. The summed E-state index contributed by atoms with van der Waals surface area (Å²) in [4.78, 5) is 13.2. The number of fused-ring (bicyclic) bond motifs is 3. The van der Waals surface area contributed by atoms with Gasteiger partial charge < -0.3 is 20.1 Å². The molecule has 1 heterocycles. The van der Waals surface area contributed by atoms with Gasteiger partial charge in [-0.25, -0.2) is 0 Å². The summed E-state index contributed by atoms with van der Waals surface area (Å²) in [5.41, 5.74) is -0.0749. The molecule has 0 aromatic heterocycles. The highest BCUT2D eigenvalue weighted by molar-refractivity contribution is 5.94. The van der Waals surface area contributed by atoms with Gasteiger partial charge in [-0.15, -0.1) is 13.2 Å². The maximum atomic E-state index is 13.2. The summed E-state index contributed by atoms with van der Waals surface area (Å²) < 4.78 is 47.9. The van der Waals surface area contributed by atoms with E-state index in [-0.39, 0.29) is 17.8 Å². The molecule has 28 heavy (non-hydrogen) atoms. The van der Waals surface area contributed by atoms with Gasteiger partial charge in [0.25, 0.3) is 5.91 Å². The lowest BCUT2D eigenvalue weighted by Crippen LogP contribution is -2.56. The molecule has 1 unspecified atom stereocenters. The highest BCUT2D eigenvalue weighted by Crippen LogP contribution is 2.59. The molecule has 1 atom stereocenters. The summed E-state index contributed by atoms with van der Waals surface area (Å²) in [6.45, 7) is 1.80. The van der Waals surface area contributed by atoms with Crippen LogP contribution in [0.2, 0.25) is 0 Å². The van der Waals surface area contributed by atoms with Crippen LogP contribution >= 0.6 is 0 Å². The second-order valence-electron chi connectivity index (χ2n) is 7.79. The number of allylic oxidation sites excluding steroid dienone is 1. The van der Waals surface area contributed by atoms with Gasteiger partial charge in [-0.3, -0.25) is 4.79 Å². The van der Waals surface area contributed by atoms with Gasteiger partial charge in [-0.05, 0) is 68.4 Å². The van der Waals surface area contributed by atoms with E-state index in [0.717, 1.165) is 31.2 Å². The van der Waals surface area contributed by atoms with E-state index in [1.807, 2.05) is 0 Å². The number of benzene rings is 1. The minimum Gasteiger partial charge on any atom is -0.406 e. The van der Waals surface area contributed by atoms with Crippen LogP contribution in [-0.4, -0.2) is 25.5 Å². The standard InChI is InChI=1S/C20H23F3N2O3/c1-3-16-24-17(26)19(25-16)15-10-14(28-20(21,22)23)5-4-12(15)11-18(19)8-6-13(27-2)7-9-18/h3-5,10,13,25H,6-9,11H2,1-2H3,(H,24,26)/b16-3-. The molecule has 1 amide bonds. The quantitative estimate of drug-likeness (QED) is 0.804. The molecule has 3 aliphatic rings. The lowest BCUT2D eigenvalue weighted by molar-refractivity contribution is -0.274. The van der Waals surface area contributed by atoms with Crippen LogP contribution in [0.15, 0.2) is 30.1 Å². The molecule has 4 rings (SSSR count). The molecule has 1 aliphatic heterocycles. The molecule has 1 aromatic carbocycles. The zero-order chi connectivity index (χ0) is 20.2. The van der Waals surface area contributed by atoms with E-state index in [1.54, 1.807) is 26.2 Å². The minimum atomic E-state index is -4.78. The Balaban J connectivity index is 1.81. The van der Waals surface area contributed by atoms with E-state index < -0.39 is 17.3 Å². The molecule has 2 aliphatic carbocycles. The van der Waals surface area contributed by atoms with Crippen LogP contribution in [0.25, 0.3) is 0 Å². The number of halogens is 3. The van der Waals surface area contributed by atoms with E-state index in [4.69, 9.17) is 4.74 Å². The van der Waals surface area contributed by atoms with Gasteiger partial charge in [0.2, 0.25) is 0 Å². The van der Waals surface area contributed by atoms with E-state index >= 15 is 0 Å². The summed E-state index contributed by atoms with van der Waals surface area (Å²) in [6, 6.07) is 4.34. The van der Waals surface area contributed by atoms with Crippen LogP contribution in [0.4, 0.5) is 13.2 Å².